The lowest BCUT2D eigenvalue weighted by molar-refractivity contribution is 0.0711. The highest BCUT2D eigenvalue weighted by Gasteiger charge is 2.28. The smallest absolute Gasteiger partial charge is 0.265 e. The molecule has 0 spiro atoms. The maximum absolute atomic E-state index is 12.7. The van der Waals surface area contributed by atoms with Crippen LogP contribution in [-0.4, -0.2) is 42.0 Å². The van der Waals surface area contributed by atoms with Crippen molar-refractivity contribution in [3.8, 4) is 0 Å². The average molecular weight is 307 g/mol. The first kappa shape index (κ1) is 15.0. The second-order valence-corrected chi connectivity index (χ2v) is 7.33. The predicted molar refractivity (Wildman–Crippen MR) is 86.0 cm³/mol. The van der Waals surface area contributed by atoms with Crippen molar-refractivity contribution in [3.63, 3.8) is 0 Å². The van der Waals surface area contributed by atoms with Gasteiger partial charge in [0.1, 0.15) is 4.88 Å². The van der Waals surface area contributed by atoms with E-state index in [0.717, 1.165) is 36.5 Å². The van der Waals surface area contributed by atoms with Crippen molar-refractivity contribution in [1.82, 2.24) is 15.2 Å². The molecule has 0 bridgehead atoms. The van der Waals surface area contributed by atoms with Crippen molar-refractivity contribution in [2.45, 2.75) is 57.4 Å². The number of hydrogen-bond acceptors (Lipinski definition) is 4. The highest BCUT2D eigenvalue weighted by molar-refractivity contribution is 7.13. The summed E-state index contributed by atoms with van der Waals surface area (Å²) < 4.78 is 0. The number of aromatic nitrogens is 1. The van der Waals surface area contributed by atoms with Crippen molar-refractivity contribution in [2.24, 2.45) is 0 Å². The number of amides is 1. The number of carbonyl (C=O) groups excluding carboxylic acids is 1. The summed E-state index contributed by atoms with van der Waals surface area (Å²) in [7, 11) is 2.00. The molecule has 1 aliphatic carbocycles. The number of piperidine rings is 1. The van der Waals surface area contributed by atoms with Crippen molar-refractivity contribution in [1.29, 1.82) is 0 Å². The summed E-state index contributed by atoms with van der Waals surface area (Å²) >= 11 is 1.65. The molecule has 2 heterocycles. The second kappa shape index (κ2) is 6.44. The number of thiazole rings is 1. The third-order valence-corrected chi connectivity index (χ3v) is 6.21. The molecule has 1 saturated carbocycles. The zero-order valence-corrected chi connectivity index (χ0v) is 13.8. The number of hydrogen-bond donors (Lipinski definition) is 1. The molecule has 1 aromatic heterocycles. The summed E-state index contributed by atoms with van der Waals surface area (Å²) in [5.74, 6) is 0.800. The molecular formula is C16H25N3OS. The van der Waals surface area contributed by atoms with Gasteiger partial charge in [0.25, 0.3) is 5.91 Å². The zero-order chi connectivity index (χ0) is 14.8. The predicted octanol–water partition coefficient (Wildman–Crippen LogP) is 2.93. The number of nitrogens with zero attached hydrogens (tertiary/aromatic N) is 2. The molecule has 0 aromatic carbocycles. The van der Waals surface area contributed by atoms with Gasteiger partial charge in [-0.05, 0) is 39.7 Å². The number of rotatable bonds is 3. The summed E-state index contributed by atoms with van der Waals surface area (Å²) in [6, 6.07) is 0.561. The van der Waals surface area contributed by atoms with Crippen LogP contribution in [0.5, 0.6) is 0 Å². The minimum atomic E-state index is 0.198. The largest absolute Gasteiger partial charge is 0.338 e. The Labute approximate surface area is 130 Å². The number of likely N-dealkylation sites (tertiary alicyclic amines) is 1. The third-order valence-electron chi connectivity index (χ3n) is 4.90. The number of carbonyl (C=O) groups is 1. The maximum Gasteiger partial charge on any atom is 0.265 e. The van der Waals surface area contributed by atoms with Crippen molar-refractivity contribution in [2.75, 3.05) is 20.1 Å². The van der Waals surface area contributed by atoms with Gasteiger partial charge in [0.15, 0.2) is 0 Å². The van der Waals surface area contributed by atoms with Gasteiger partial charge in [0.05, 0.1) is 10.7 Å². The SMILES string of the molecule is CNC1CCN(C(=O)c2sc(C3CCCC3)nc2C)CC1. The van der Waals surface area contributed by atoms with Gasteiger partial charge in [0.2, 0.25) is 0 Å². The van der Waals surface area contributed by atoms with Crippen LogP contribution in [0.3, 0.4) is 0 Å². The van der Waals surface area contributed by atoms with Crippen LogP contribution in [0.4, 0.5) is 0 Å². The standard InChI is InChI=1S/C16H25N3OS/c1-11-14(21-15(18-11)12-5-3-4-6-12)16(20)19-9-7-13(17-2)8-10-19/h12-13,17H,3-10H2,1-2H3. The van der Waals surface area contributed by atoms with E-state index >= 15 is 0 Å². The van der Waals surface area contributed by atoms with Crippen LogP contribution in [0.15, 0.2) is 0 Å². The van der Waals surface area contributed by atoms with Gasteiger partial charge in [0, 0.05) is 25.0 Å². The molecular weight excluding hydrogens is 282 g/mol. The molecule has 1 saturated heterocycles. The molecule has 21 heavy (non-hydrogen) atoms. The molecule has 0 radical (unpaired) electrons. The molecule has 2 aliphatic rings. The average Bonchev–Trinajstić information content (AvgIpc) is 3.16. The van der Waals surface area contributed by atoms with Crippen molar-refractivity contribution < 1.29 is 4.79 Å². The first-order valence-electron chi connectivity index (χ1n) is 8.13. The Balaban J connectivity index is 1.70. The lowest BCUT2D eigenvalue weighted by Gasteiger charge is -2.31. The van der Waals surface area contributed by atoms with Crippen LogP contribution >= 0.6 is 11.3 Å². The van der Waals surface area contributed by atoms with E-state index in [0.29, 0.717) is 12.0 Å². The van der Waals surface area contributed by atoms with Gasteiger partial charge < -0.3 is 10.2 Å². The Bertz CT molecular complexity index is 500. The van der Waals surface area contributed by atoms with Crippen LogP contribution in [0.1, 0.15) is 64.8 Å². The van der Waals surface area contributed by atoms with Gasteiger partial charge in [-0.15, -0.1) is 11.3 Å². The van der Waals surface area contributed by atoms with E-state index in [2.05, 4.69) is 5.32 Å². The molecule has 5 heteroatoms. The fourth-order valence-electron chi connectivity index (χ4n) is 3.48. The Kier molecular flexibility index (Phi) is 4.60. The Morgan fingerprint density at radius 1 is 1.24 bits per heavy atom. The fraction of sp³-hybridized carbons (Fsp3) is 0.750. The molecule has 1 aromatic rings. The van der Waals surface area contributed by atoms with Crippen LogP contribution in [0.2, 0.25) is 0 Å². The molecule has 0 atom stereocenters. The van der Waals surface area contributed by atoms with E-state index < -0.39 is 0 Å². The first-order valence-corrected chi connectivity index (χ1v) is 8.94. The summed E-state index contributed by atoms with van der Waals surface area (Å²) in [6.07, 6.45) is 7.21. The van der Waals surface area contributed by atoms with Crippen molar-refractivity contribution >= 4 is 17.2 Å². The zero-order valence-electron chi connectivity index (χ0n) is 13.0. The summed E-state index contributed by atoms with van der Waals surface area (Å²) in [5, 5.41) is 4.50. The van der Waals surface area contributed by atoms with Gasteiger partial charge in [-0.3, -0.25) is 4.79 Å². The third kappa shape index (κ3) is 3.14. The second-order valence-electron chi connectivity index (χ2n) is 6.30. The Morgan fingerprint density at radius 2 is 1.90 bits per heavy atom. The maximum atomic E-state index is 12.7. The molecule has 0 unspecified atom stereocenters. The number of aryl methyl sites for hydroxylation is 1. The molecule has 1 aliphatic heterocycles. The number of nitrogens with one attached hydrogen (secondary N) is 1. The van der Waals surface area contributed by atoms with E-state index in [1.807, 2.05) is 18.9 Å². The van der Waals surface area contributed by atoms with Gasteiger partial charge >= 0.3 is 0 Å². The lowest BCUT2D eigenvalue weighted by Crippen LogP contribution is -2.43. The van der Waals surface area contributed by atoms with Gasteiger partial charge in [-0.1, -0.05) is 12.8 Å². The van der Waals surface area contributed by atoms with E-state index in [1.54, 1.807) is 11.3 Å². The quantitative estimate of drug-likeness (QED) is 0.934. The molecule has 3 rings (SSSR count). The van der Waals surface area contributed by atoms with Gasteiger partial charge in [-0.25, -0.2) is 4.98 Å². The van der Waals surface area contributed by atoms with E-state index in [9.17, 15) is 4.79 Å². The monoisotopic (exact) mass is 307 g/mol. The molecule has 116 valence electrons. The molecule has 2 fully saturated rings. The van der Waals surface area contributed by atoms with E-state index in [4.69, 9.17) is 4.98 Å². The Morgan fingerprint density at radius 3 is 2.52 bits per heavy atom. The Hall–Kier alpha value is -0.940. The van der Waals surface area contributed by atoms with Crippen LogP contribution in [-0.2, 0) is 0 Å². The minimum absolute atomic E-state index is 0.198. The van der Waals surface area contributed by atoms with Crippen molar-refractivity contribution in [3.05, 3.63) is 15.6 Å². The van der Waals surface area contributed by atoms with Crippen LogP contribution in [0.25, 0.3) is 0 Å². The molecule has 1 amide bonds. The minimum Gasteiger partial charge on any atom is -0.338 e. The highest BCUT2D eigenvalue weighted by Crippen LogP contribution is 2.37. The normalized spacial score (nSPS) is 21.1. The lowest BCUT2D eigenvalue weighted by atomic mass is 10.1. The molecule has 4 nitrogen and oxygen atoms in total. The van der Waals surface area contributed by atoms with E-state index in [-0.39, 0.29) is 5.91 Å². The topological polar surface area (TPSA) is 45.2 Å². The van der Waals surface area contributed by atoms with E-state index in [1.165, 1.54) is 30.7 Å². The van der Waals surface area contributed by atoms with Crippen LogP contribution in [0, 0.1) is 6.92 Å². The summed E-state index contributed by atoms with van der Waals surface area (Å²) in [5.41, 5.74) is 0.933. The summed E-state index contributed by atoms with van der Waals surface area (Å²) in [6.45, 7) is 3.71. The summed E-state index contributed by atoms with van der Waals surface area (Å²) in [4.78, 5) is 20.3. The van der Waals surface area contributed by atoms with Crippen LogP contribution < -0.4 is 5.32 Å². The highest BCUT2D eigenvalue weighted by atomic mass is 32.1. The molecule has 1 N–H and O–H groups in total. The fourth-order valence-corrected chi connectivity index (χ4v) is 4.68. The first-order chi connectivity index (χ1) is 10.2. The van der Waals surface area contributed by atoms with Gasteiger partial charge in [-0.2, -0.15) is 0 Å².